The van der Waals surface area contributed by atoms with Crippen molar-refractivity contribution in [3.05, 3.63) is 66.7 Å². The van der Waals surface area contributed by atoms with Gasteiger partial charge in [0.15, 0.2) is 11.5 Å². The first kappa shape index (κ1) is 16.8. The van der Waals surface area contributed by atoms with Crippen molar-refractivity contribution in [2.75, 3.05) is 11.5 Å². The van der Waals surface area contributed by atoms with Crippen molar-refractivity contribution in [2.24, 2.45) is 0 Å². The van der Waals surface area contributed by atoms with Gasteiger partial charge in [-0.3, -0.25) is 4.21 Å². The van der Waals surface area contributed by atoms with Gasteiger partial charge in [0, 0.05) is 11.4 Å². The third-order valence-electron chi connectivity index (χ3n) is 3.33. The molecule has 1 unspecified atom stereocenters. The Morgan fingerprint density at radius 1 is 0.760 bits per heavy atom. The van der Waals surface area contributed by atoms with Gasteiger partial charge in [0.25, 0.3) is 0 Å². The predicted molar refractivity (Wildman–Crippen MR) is 95.5 cm³/mol. The van der Waals surface area contributed by atoms with E-state index in [1.54, 1.807) is 60.7 Å². The maximum Gasteiger partial charge on any atom is 0.184 e. The minimum atomic E-state index is -2.49. The van der Waals surface area contributed by atoms with Crippen LogP contribution in [0.3, 0.4) is 0 Å². The highest BCUT2D eigenvalue weighted by Gasteiger charge is 2.14. The average Bonchev–Trinajstić information content (AvgIpc) is 2.60. The molecule has 0 fully saturated rings. The molecule has 7 heteroatoms. The van der Waals surface area contributed by atoms with Crippen LogP contribution in [0.15, 0.2) is 71.6 Å². The number of benzene rings is 3. The van der Waals surface area contributed by atoms with Gasteiger partial charge >= 0.3 is 0 Å². The van der Waals surface area contributed by atoms with Gasteiger partial charge in [-0.2, -0.15) is 0 Å². The lowest BCUT2D eigenvalue weighted by molar-refractivity contribution is 0.407. The average molecular weight is 355 g/mol. The Bertz CT molecular complexity index is 896. The molecule has 128 valence electrons. The Morgan fingerprint density at radius 3 is 1.80 bits per heavy atom. The molecule has 1 atom stereocenters. The van der Waals surface area contributed by atoms with Crippen LogP contribution in [-0.2, 0) is 11.1 Å². The fourth-order valence-electron chi connectivity index (χ4n) is 2.12. The van der Waals surface area contributed by atoms with Gasteiger partial charge in [-0.1, -0.05) is 6.07 Å². The summed E-state index contributed by atoms with van der Waals surface area (Å²) in [7, 11) is 0. The Labute approximate surface area is 147 Å². The second kappa shape index (κ2) is 7.25. The van der Waals surface area contributed by atoms with E-state index in [-0.39, 0.29) is 16.4 Å². The molecule has 6 nitrogen and oxygen atoms in total. The predicted octanol–water partition coefficient (Wildman–Crippen LogP) is 3.67. The van der Waals surface area contributed by atoms with Gasteiger partial charge in [0.05, 0.1) is 4.90 Å². The van der Waals surface area contributed by atoms with E-state index in [2.05, 4.69) is 0 Å². The van der Waals surface area contributed by atoms with Gasteiger partial charge in [0.2, 0.25) is 0 Å². The summed E-state index contributed by atoms with van der Waals surface area (Å²) < 4.78 is 34.6. The van der Waals surface area contributed by atoms with Gasteiger partial charge in [0.1, 0.15) is 11.5 Å². The minimum Gasteiger partial charge on any atom is -0.768 e. The van der Waals surface area contributed by atoms with Crippen molar-refractivity contribution in [1.82, 2.24) is 0 Å². The van der Waals surface area contributed by atoms with E-state index in [4.69, 9.17) is 20.9 Å². The summed E-state index contributed by atoms with van der Waals surface area (Å²) in [6.45, 7) is 0. The van der Waals surface area contributed by atoms with Crippen LogP contribution in [0.5, 0.6) is 23.0 Å². The quantitative estimate of drug-likeness (QED) is 0.533. The zero-order valence-corrected chi connectivity index (χ0v) is 13.9. The highest BCUT2D eigenvalue weighted by Crippen LogP contribution is 2.39. The van der Waals surface area contributed by atoms with Crippen LogP contribution in [0.25, 0.3) is 0 Å². The van der Waals surface area contributed by atoms with E-state index >= 15 is 0 Å². The topological polar surface area (TPSA) is 111 Å². The fourth-order valence-corrected chi connectivity index (χ4v) is 2.61. The van der Waals surface area contributed by atoms with Crippen molar-refractivity contribution in [2.45, 2.75) is 4.90 Å². The summed E-state index contributed by atoms with van der Waals surface area (Å²) in [6, 6.07) is 18.0. The monoisotopic (exact) mass is 355 g/mol. The normalized spacial score (nSPS) is 11.7. The standard InChI is InChI=1S/C18H16N2O4S/c19-12-4-8-14(9-5-12)23-16-2-1-3-17(25(21)22)18(16)24-15-10-6-13(20)7-11-15/h1-11H,19-20H2,(H,21,22)/p-1. The molecule has 0 aliphatic rings. The van der Waals surface area contributed by atoms with Crippen molar-refractivity contribution in [1.29, 1.82) is 0 Å². The van der Waals surface area contributed by atoms with Crippen LogP contribution in [0, 0.1) is 0 Å². The van der Waals surface area contributed by atoms with E-state index < -0.39 is 11.1 Å². The van der Waals surface area contributed by atoms with Gasteiger partial charge in [-0.25, -0.2) is 0 Å². The molecule has 0 saturated heterocycles. The molecule has 0 bridgehead atoms. The molecular weight excluding hydrogens is 340 g/mol. The SMILES string of the molecule is Nc1ccc(Oc2cccc(S(=O)[O-])c2Oc2ccc(N)cc2)cc1. The molecule has 0 aromatic heterocycles. The summed E-state index contributed by atoms with van der Waals surface area (Å²) >= 11 is -2.49. The molecule has 0 heterocycles. The highest BCUT2D eigenvalue weighted by atomic mass is 32.2. The molecule has 0 amide bonds. The molecular formula is C18H15N2O4S-. The third kappa shape index (κ3) is 4.09. The fraction of sp³-hybridized carbons (Fsp3) is 0. The molecule has 0 aliphatic carbocycles. The minimum absolute atomic E-state index is 0.00947. The number of hydrogen-bond acceptors (Lipinski definition) is 6. The Kier molecular flexibility index (Phi) is 4.87. The van der Waals surface area contributed by atoms with Crippen LogP contribution >= 0.6 is 0 Å². The van der Waals surface area contributed by atoms with Crippen LogP contribution in [-0.4, -0.2) is 8.76 Å². The number of para-hydroxylation sites is 1. The zero-order chi connectivity index (χ0) is 17.8. The van der Waals surface area contributed by atoms with Crippen LogP contribution in [0.1, 0.15) is 0 Å². The Balaban J connectivity index is 1.99. The van der Waals surface area contributed by atoms with Crippen LogP contribution < -0.4 is 20.9 Å². The lowest BCUT2D eigenvalue weighted by atomic mass is 10.3. The first-order chi connectivity index (χ1) is 12.0. The van der Waals surface area contributed by atoms with Crippen LogP contribution in [0.4, 0.5) is 11.4 Å². The smallest absolute Gasteiger partial charge is 0.184 e. The van der Waals surface area contributed by atoms with Gasteiger partial charge in [-0.05, 0) is 71.7 Å². The van der Waals surface area contributed by atoms with Crippen molar-refractivity contribution in [3.63, 3.8) is 0 Å². The van der Waals surface area contributed by atoms with Gasteiger partial charge < -0.3 is 25.5 Å². The maximum absolute atomic E-state index is 11.5. The van der Waals surface area contributed by atoms with Crippen molar-refractivity contribution >= 4 is 22.5 Å². The Hall–Kier alpha value is -3.03. The second-order valence-electron chi connectivity index (χ2n) is 5.16. The molecule has 0 radical (unpaired) electrons. The summed E-state index contributed by atoms with van der Waals surface area (Å²) in [5.41, 5.74) is 12.5. The third-order valence-corrected chi connectivity index (χ3v) is 4.01. The van der Waals surface area contributed by atoms with E-state index in [1.165, 1.54) is 6.07 Å². The highest BCUT2D eigenvalue weighted by molar-refractivity contribution is 7.79. The van der Waals surface area contributed by atoms with Crippen molar-refractivity contribution in [3.8, 4) is 23.0 Å². The molecule has 0 saturated carbocycles. The first-order valence-corrected chi connectivity index (χ1v) is 8.39. The number of anilines is 2. The van der Waals surface area contributed by atoms with E-state index in [0.717, 1.165) is 0 Å². The molecule has 3 rings (SSSR count). The first-order valence-electron chi connectivity index (χ1n) is 7.32. The summed E-state index contributed by atoms with van der Waals surface area (Å²) in [5, 5.41) is 0. The lowest BCUT2D eigenvalue weighted by Gasteiger charge is -2.17. The molecule has 0 spiro atoms. The number of ether oxygens (including phenoxy) is 2. The Morgan fingerprint density at radius 2 is 1.28 bits per heavy atom. The number of rotatable bonds is 5. The van der Waals surface area contributed by atoms with E-state index in [0.29, 0.717) is 22.9 Å². The molecule has 25 heavy (non-hydrogen) atoms. The molecule has 4 N–H and O–H groups in total. The number of nitrogen functional groups attached to an aromatic ring is 2. The van der Waals surface area contributed by atoms with Crippen molar-refractivity contribution < 1.29 is 18.2 Å². The maximum atomic E-state index is 11.5. The zero-order valence-electron chi connectivity index (χ0n) is 13.0. The largest absolute Gasteiger partial charge is 0.768 e. The molecule has 3 aromatic rings. The molecule has 3 aromatic carbocycles. The molecule has 0 aliphatic heterocycles. The summed E-state index contributed by atoms with van der Waals surface area (Å²) in [4.78, 5) is -0.00947. The summed E-state index contributed by atoms with van der Waals surface area (Å²) in [6.07, 6.45) is 0. The van der Waals surface area contributed by atoms with Gasteiger partial charge in [-0.15, -0.1) is 0 Å². The summed E-state index contributed by atoms with van der Waals surface area (Å²) in [5.74, 6) is 1.31. The second-order valence-corrected chi connectivity index (χ2v) is 6.07. The lowest BCUT2D eigenvalue weighted by Crippen LogP contribution is -1.98. The van der Waals surface area contributed by atoms with E-state index in [1.807, 2.05) is 0 Å². The van der Waals surface area contributed by atoms with E-state index in [9.17, 15) is 8.76 Å². The number of hydrogen-bond donors (Lipinski definition) is 2. The number of nitrogens with two attached hydrogens (primary N) is 2. The van der Waals surface area contributed by atoms with Crippen LogP contribution in [0.2, 0.25) is 0 Å².